The minimum atomic E-state index is -0.421. The normalized spacial score (nSPS) is 21.5. The number of likely N-dealkylation sites (N-methyl/N-ethyl adjacent to an activating group) is 1. The van der Waals surface area contributed by atoms with E-state index in [1.165, 1.54) is 32.1 Å². The Kier molecular flexibility index (Phi) is 9.74. The molecule has 2 heterocycles. The molecule has 42 heavy (non-hydrogen) atoms. The third-order valence-electron chi connectivity index (χ3n) is 8.59. The maximum absolute atomic E-state index is 13.5. The van der Waals surface area contributed by atoms with Gasteiger partial charge < -0.3 is 39.8 Å². The number of aliphatic hydroxyl groups excluding tert-OH is 1. The number of amides is 3. The summed E-state index contributed by atoms with van der Waals surface area (Å²) in [5.74, 6) is 2.55. The van der Waals surface area contributed by atoms with Gasteiger partial charge in [0.15, 0.2) is 11.5 Å². The van der Waals surface area contributed by atoms with Crippen molar-refractivity contribution in [2.75, 3.05) is 50.7 Å². The molecule has 1 fully saturated rings. The van der Waals surface area contributed by atoms with Crippen LogP contribution in [0.2, 0.25) is 0 Å². The molecule has 10 nitrogen and oxygen atoms in total. The third-order valence-corrected chi connectivity index (χ3v) is 8.59. The van der Waals surface area contributed by atoms with Crippen LogP contribution in [0.15, 0.2) is 36.4 Å². The molecule has 3 atom stereocenters. The molecule has 0 spiro atoms. The fourth-order valence-electron chi connectivity index (χ4n) is 6.19. The summed E-state index contributed by atoms with van der Waals surface area (Å²) >= 11 is 0. The lowest BCUT2D eigenvalue weighted by Gasteiger charge is -2.35. The van der Waals surface area contributed by atoms with Gasteiger partial charge in [0.1, 0.15) is 11.9 Å². The van der Waals surface area contributed by atoms with Crippen LogP contribution in [0.3, 0.4) is 0 Å². The largest absolute Gasteiger partial charge is 0.488 e. The van der Waals surface area contributed by atoms with E-state index in [1.54, 1.807) is 35.2 Å². The van der Waals surface area contributed by atoms with E-state index in [4.69, 9.17) is 14.2 Å². The van der Waals surface area contributed by atoms with Gasteiger partial charge in [0.25, 0.3) is 0 Å². The highest BCUT2D eigenvalue weighted by Crippen LogP contribution is 2.34. The maximum atomic E-state index is 13.5. The number of urea groups is 1. The number of nitrogens with zero attached hydrogens (tertiary/aromatic N) is 2. The maximum Gasteiger partial charge on any atom is 0.323 e. The molecular formula is C32H44N4O6. The van der Waals surface area contributed by atoms with Crippen LogP contribution in [-0.4, -0.2) is 79.1 Å². The first-order valence-electron chi connectivity index (χ1n) is 15.1. The Bertz CT molecular complexity index is 1250. The second-order valence-corrected chi connectivity index (χ2v) is 12.1. The van der Waals surface area contributed by atoms with Crippen LogP contribution in [-0.2, 0) is 11.2 Å². The number of hydrogen-bond donors (Lipinski definition) is 3. The van der Waals surface area contributed by atoms with Crippen LogP contribution in [0, 0.1) is 11.8 Å². The summed E-state index contributed by atoms with van der Waals surface area (Å²) in [6.45, 7) is 6.31. The minimum Gasteiger partial charge on any atom is -0.488 e. The zero-order chi connectivity index (χ0) is 29.6. The van der Waals surface area contributed by atoms with E-state index in [2.05, 4.69) is 29.5 Å². The molecular weight excluding hydrogens is 536 g/mol. The zero-order valence-electron chi connectivity index (χ0n) is 24.9. The number of carbonyl (C=O) groups is 2. The van der Waals surface area contributed by atoms with Gasteiger partial charge in [-0.3, -0.25) is 4.79 Å². The van der Waals surface area contributed by atoms with E-state index in [1.807, 2.05) is 13.0 Å². The molecule has 1 aliphatic carbocycles. The molecule has 0 radical (unpaired) electrons. The van der Waals surface area contributed by atoms with Crippen LogP contribution in [0.5, 0.6) is 17.2 Å². The summed E-state index contributed by atoms with van der Waals surface area (Å²) in [6.07, 6.45) is 6.47. The summed E-state index contributed by atoms with van der Waals surface area (Å²) < 4.78 is 17.4. The highest BCUT2D eigenvalue weighted by molar-refractivity contribution is 6.00. The highest BCUT2D eigenvalue weighted by atomic mass is 16.7. The number of anilines is 2. The lowest BCUT2D eigenvalue weighted by atomic mass is 9.89. The van der Waals surface area contributed by atoms with E-state index < -0.39 is 6.03 Å². The second-order valence-electron chi connectivity index (χ2n) is 12.1. The molecule has 3 N–H and O–H groups in total. The van der Waals surface area contributed by atoms with E-state index in [9.17, 15) is 14.7 Å². The van der Waals surface area contributed by atoms with Gasteiger partial charge in [-0.1, -0.05) is 26.2 Å². The molecule has 0 bridgehead atoms. The summed E-state index contributed by atoms with van der Waals surface area (Å²) in [4.78, 5) is 30.5. The van der Waals surface area contributed by atoms with Crippen LogP contribution < -0.4 is 24.8 Å². The van der Waals surface area contributed by atoms with Gasteiger partial charge in [-0.25, -0.2) is 4.79 Å². The summed E-state index contributed by atoms with van der Waals surface area (Å²) in [7, 11) is 2.16. The van der Waals surface area contributed by atoms with E-state index in [-0.39, 0.29) is 43.8 Å². The van der Waals surface area contributed by atoms with Crippen molar-refractivity contribution in [1.29, 1.82) is 0 Å². The van der Waals surface area contributed by atoms with Crippen LogP contribution in [0.1, 0.15) is 51.5 Å². The molecule has 2 aliphatic heterocycles. The van der Waals surface area contributed by atoms with Gasteiger partial charge >= 0.3 is 6.03 Å². The van der Waals surface area contributed by atoms with Crippen molar-refractivity contribution in [2.45, 2.75) is 64.5 Å². The van der Waals surface area contributed by atoms with E-state index >= 15 is 0 Å². The Morgan fingerprint density at radius 2 is 1.71 bits per heavy atom. The molecule has 2 aromatic rings. The molecule has 5 rings (SSSR count). The number of aliphatic hydroxyl groups is 1. The van der Waals surface area contributed by atoms with Crippen molar-refractivity contribution in [3.05, 3.63) is 42.0 Å². The molecule has 3 aliphatic rings. The summed E-state index contributed by atoms with van der Waals surface area (Å²) in [5, 5.41) is 15.6. The Morgan fingerprint density at radius 3 is 2.45 bits per heavy atom. The van der Waals surface area contributed by atoms with Crippen LogP contribution >= 0.6 is 0 Å². The standard InChI is InChI=1S/C32H44N4O6/c1-21-16-36(22(2)19-37)31(38)14-24-13-25(33-32(39)34-26-10-12-28-29(15-26)41-20-40-28)9-11-27(24)42-30(21)18-35(3)17-23-7-5-4-6-8-23/h9-13,15,21-23,30,37H,4-8,14,16-20H2,1-3H3,(H2,33,34,39)/t21-,22+,30+/m1/s1. The highest BCUT2D eigenvalue weighted by Gasteiger charge is 2.31. The summed E-state index contributed by atoms with van der Waals surface area (Å²) in [5.41, 5.74) is 1.81. The number of rotatable bonds is 8. The zero-order valence-corrected chi connectivity index (χ0v) is 24.9. The SMILES string of the molecule is C[C@@H]1CN([C@@H](C)CO)C(=O)Cc2cc(NC(=O)Nc3ccc4c(c3)OCO4)ccc2O[C@H]1CN(C)CC1CCCCC1. The predicted molar refractivity (Wildman–Crippen MR) is 161 cm³/mol. The molecule has 0 saturated heterocycles. The van der Waals surface area contributed by atoms with Crippen LogP contribution in [0.4, 0.5) is 16.2 Å². The molecule has 0 aromatic heterocycles. The number of carbonyl (C=O) groups excluding carboxylic acids is 2. The molecule has 10 heteroatoms. The van der Waals surface area contributed by atoms with Gasteiger partial charge in [-0.05, 0) is 63.1 Å². The first-order chi connectivity index (χ1) is 20.3. The smallest absolute Gasteiger partial charge is 0.323 e. The van der Waals surface area contributed by atoms with Gasteiger partial charge in [0.2, 0.25) is 12.7 Å². The number of ether oxygens (including phenoxy) is 3. The number of hydrogen-bond acceptors (Lipinski definition) is 7. The van der Waals surface area contributed by atoms with Crippen molar-refractivity contribution >= 4 is 23.3 Å². The lowest BCUT2D eigenvalue weighted by molar-refractivity contribution is -0.134. The quantitative estimate of drug-likeness (QED) is 0.414. The lowest BCUT2D eigenvalue weighted by Crippen LogP contribution is -2.48. The Labute approximate surface area is 248 Å². The first-order valence-corrected chi connectivity index (χ1v) is 15.1. The fraction of sp³-hybridized carbons (Fsp3) is 0.562. The minimum absolute atomic E-state index is 0.0491. The Hall–Kier alpha value is -3.50. The predicted octanol–water partition coefficient (Wildman–Crippen LogP) is 4.72. The van der Waals surface area contributed by atoms with Gasteiger partial charge in [0.05, 0.1) is 19.1 Å². The molecule has 1 saturated carbocycles. The van der Waals surface area contributed by atoms with Crippen molar-refractivity contribution in [2.24, 2.45) is 11.8 Å². The first kappa shape index (κ1) is 30.0. The number of nitrogens with one attached hydrogen (secondary N) is 2. The topological polar surface area (TPSA) is 113 Å². The van der Waals surface area contributed by atoms with E-state index in [0.29, 0.717) is 46.6 Å². The summed E-state index contributed by atoms with van der Waals surface area (Å²) in [6, 6.07) is 9.90. The van der Waals surface area contributed by atoms with Crippen molar-refractivity contribution < 1.29 is 28.9 Å². The van der Waals surface area contributed by atoms with Crippen molar-refractivity contribution in [3.8, 4) is 17.2 Å². The number of fused-ring (bicyclic) bond motifs is 2. The Morgan fingerprint density at radius 1 is 1.02 bits per heavy atom. The van der Waals surface area contributed by atoms with Gasteiger partial charge in [0, 0.05) is 48.6 Å². The van der Waals surface area contributed by atoms with Crippen molar-refractivity contribution in [1.82, 2.24) is 9.80 Å². The fourth-order valence-corrected chi connectivity index (χ4v) is 6.19. The molecule has 2 aromatic carbocycles. The van der Waals surface area contributed by atoms with E-state index in [0.717, 1.165) is 13.1 Å². The monoisotopic (exact) mass is 580 g/mol. The van der Waals surface area contributed by atoms with Gasteiger partial charge in [-0.15, -0.1) is 0 Å². The van der Waals surface area contributed by atoms with Crippen molar-refractivity contribution in [3.63, 3.8) is 0 Å². The second kappa shape index (κ2) is 13.6. The average Bonchev–Trinajstić information content (AvgIpc) is 3.45. The average molecular weight is 581 g/mol. The molecule has 3 amide bonds. The van der Waals surface area contributed by atoms with Crippen LogP contribution in [0.25, 0.3) is 0 Å². The third kappa shape index (κ3) is 7.46. The van der Waals surface area contributed by atoms with Gasteiger partial charge in [-0.2, -0.15) is 0 Å². The Balaban J connectivity index is 1.32. The molecule has 228 valence electrons. The number of benzene rings is 2. The molecule has 0 unspecified atom stereocenters.